The summed E-state index contributed by atoms with van der Waals surface area (Å²) in [7, 11) is 0. The molecule has 0 spiro atoms. The third-order valence-corrected chi connectivity index (χ3v) is 2.39. The van der Waals surface area contributed by atoms with Gasteiger partial charge < -0.3 is 5.11 Å². The summed E-state index contributed by atoms with van der Waals surface area (Å²) in [4.78, 5) is 14.9. The number of aliphatic carboxylic acids is 1. The van der Waals surface area contributed by atoms with Gasteiger partial charge in [0.15, 0.2) is 0 Å². The van der Waals surface area contributed by atoms with E-state index in [2.05, 4.69) is 10.1 Å². The van der Waals surface area contributed by atoms with Crippen LogP contribution in [0.2, 0.25) is 0 Å². The first-order valence-corrected chi connectivity index (χ1v) is 4.97. The van der Waals surface area contributed by atoms with Gasteiger partial charge in [0, 0.05) is 0 Å². The van der Waals surface area contributed by atoms with E-state index in [9.17, 15) is 9.18 Å². The van der Waals surface area contributed by atoms with Crippen LogP contribution in [-0.2, 0) is 11.3 Å². The fourth-order valence-electron chi connectivity index (χ4n) is 1.56. The van der Waals surface area contributed by atoms with E-state index >= 15 is 0 Å². The van der Waals surface area contributed by atoms with Crippen LogP contribution in [0.1, 0.15) is 11.5 Å². The largest absolute Gasteiger partial charge is 0.481 e. The minimum atomic E-state index is -1.02. The summed E-state index contributed by atoms with van der Waals surface area (Å²) in [5.74, 6) is -2.31. The number of carbonyl (C=O) groups is 1. The zero-order chi connectivity index (χ0) is 12.3. The molecule has 1 unspecified atom stereocenters. The molecule has 88 valence electrons. The Balaban J connectivity index is 2.26. The second kappa shape index (κ2) is 4.73. The molecule has 5 nitrogen and oxygen atoms in total. The maximum Gasteiger partial charge on any atom is 0.312 e. The van der Waals surface area contributed by atoms with Gasteiger partial charge in [0.2, 0.25) is 0 Å². The Morgan fingerprint density at radius 1 is 1.53 bits per heavy atom. The van der Waals surface area contributed by atoms with Gasteiger partial charge in [-0.15, -0.1) is 0 Å². The first-order chi connectivity index (χ1) is 8.16. The lowest BCUT2D eigenvalue weighted by atomic mass is 9.99. The van der Waals surface area contributed by atoms with E-state index < -0.39 is 17.7 Å². The van der Waals surface area contributed by atoms with Crippen molar-refractivity contribution in [1.82, 2.24) is 14.8 Å². The van der Waals surface area contributed by atoms with Gasteiger partial charge in [-0.2, -0.15) is 5.10 Å². The molecule has 2 rings (SSSR count). The van der Waals surface area contributed by atoms with Crippen LogP contribution in [0.4, 0.5) is 4.39 Å². The Bertz CT molecular complexity index is 513. The molecule has 0 aliphatic rings. The number of carboxylic acids is 1. The highest BCUT2D eigenvalue weighted by Crippen LogP contribution is 2.18. The summed E-state index contributed by atoms with van der Waals surface area (Å²) in [6.07, 6.45) is 2.75. The van der Waals surface area contributed by atoms with E-state index in [1.165, 1.54) is 35.5 Å². The molecule has 2 aromatic rings. The number of nitrogens with zero attached hydrogens (tertiary/aromatic N) is 3. The van der Waals surface area contributed by atoms with Crippen molar-refractivity contribution in [3.63, 3.8) is 0 Å². The quantitative estimate of drug-likeness (QED) is 0.866. The lowest BCUT2D eigenvalue weighted by Gasteiger charge is -2.12. The summed E-state index contributed by atoms with van der Waals surface area (Å²) in [5.41, 5.74) is 0.410. The first-order valence-electron chi connectivity index (χ1n) is 4.97. The highest BCUT2D eigenvalue weighted by Gasteiger charge is 2.21. The number of aromatic nitrogens is 3. The Kier molecular flexibility index (Phi) is 3.13. The van der Waals surface area contributed by atoms with Crippen LogP contribution in [0, 0.1) is 5.82 Å². The Morgan fingerprint density at radius 2 is 2.35 bits per heavy atom. The predicted octanol–water partition coefficient (Wildman–Crippen LogP) is 1.29. The zero-order valence-electron chi connectivity index (χ0n) is 8.82. The molecule has 0 radical (unpaired) electrons. The molecule has 1 aromatic carbocycles. The number of hydrogen-bond donors (Lipinski definition) is 1. The van der Waals surface area contributed by atoms with Crippen LogP contribution in [0.15, 0.2) is 36.9 Å². The molecule has 1 heterocycles. The number of benzene rings is 1. The van der Waals surface area contributed by atoms with Crippen molar-refractivity contribution in [2.75, 3.05) is 0 Å². The SMILES string of the molecule is O=C(O)C(Cn1cncn1)c1cccc(F)c1. The summed E-state index contributed by atoms with van der Waals surface area (Å²) in [6.45, 7) is 0.124. The van der Waals surface area contributed by atoms with Crippen molar-refractivity contribution in [2.24, 2.45) is 0 Å². The monoisotopic (exact) mass is 235 g/mol. The van der Waals surface area contributed by atoms with Crippen LogP contribution in [0.25, 0.3) is 0 Å². The maximum atomic E-state index is 13.0. The third kappa shape index (κ3) is 2.66. The van der Waals surface area contributed by atoms with Crippen LogP contribution >= 0.6 is 0 Å². The van der Waals surface area contributed by atoms with Crippen molar-refractivity contribution in [2.45, 2.75) is 12.5 Å². The molecule has 1 aromatic heterocycles. The predicted molar refractivity (Wildman–Crippen MR) is 56.8 cm³/mol. The van der Waals surface area contributed by atoms with Crippen molar-refractivity contribution in [3.05, 3.63) is 48.3 Å². The maximum absolute atomic E-state index is 13.0. The minimum Gasteiger partial charge on any atom is -0.481 e. The van der Waals surface area contributed by atoms with Crippen LogP contribution < -0.4 is 0 Å². The average Bonchev–Trinajstić information content (AvgIpc) is 2.78. The molecule has 6 heteroatoms. The number of hydrogen-bond acceptors (Lipinski definition) is 3. The lowest BCUT2D eigenvalue weighted by molar-refractivity contribution is -0.139. The van der Waals surface area contributed by atoms with E-state index in [1.54, 1.807) is 6.07 Å². The fourth-order valence-corrected chi connectivity index (χ4v) is 1.56. The summed E-state index contributed by atoms with van der Waals surface area (Å²) < 4.78 is 14.4. The van der Waals surface area contributed by atoms with E-state index in [4.69, 9.17) is 5.11 Å². The molecule has 0 fully saturated rings. The summed E-state index contributed by atoms with van der Waals surface area (Å²) >= 11 is 0. The number of rotatable bonds is 4. The molecule has 0 saturated heterocycles. The van der Waals surface area contributed by atoms with Crippen molar-refractivity contribution < 1.29 is 14.3 Å². The Morgan fingerprint density at radius 3 is 2.94 bits per heavy atom. The van der Waals surface area contributed by atoms with Crippen LogP contribution in [-0.4, -0.2) is 25.8 Å². The molecule has 0 bridgehead atoms. The molecule has 1 atom stereocenters. The topological polar surface area (TPSA) is 68.0 Å². The van der Waals surface area contributed by atoms with Gasteiger partial charge in [0.1, 0.15) is 24.4 Å². The van der Waals surface area contributed by atoms with E-state index in [0.717, 1.165) is 0 Å². The van der Waals surface area contributed by atoms with Gasteiger partial charge in [-0.1, -0.05) is 12.1 Å². The third-order valence-electron chi connectivity index (χ3n) is 2.39. The number of carboxylic acid groups (broad SMARTS) is 1. The number of halogens is 1. The van der Waals surface area contributed by atoms with Crippen molar-refractivity contribution >= 4 is 5.97 Å². The van der Waals surface area contributed by atoms with Gasteiger partial charge in [0.05, 0.1) is 6.54 Å². The molecule has 17 heavy (non-hydrogen) atoms. The minimum absolute atomic E-state index is 0.124. The van der Waals surface area contributed by atoms with Gasteiger partial charge >= 0.3 is 5.97 Å². The highest BCUT2D eigenvalue weighted by molar-refractivity contribution is 5.75. The standard InChI is InChI=1S/C11H10FN3O2/c12-9-3-1-2-8(4-9)10(11(16)17)5-15-7-13-6-14-15/h1-4,6-7,10H,5H2,(H,16,17). The van der Waals surface area contributed by atoms with E-state index in [0.29, 0.717) is 5.56 Å². The zero-order valence-corrected chi connectivity index (χ0v) is 8.82. The molecule has 1 N–H and O–H groups in total. The summed E-state index contributed by atoms with van der Waals surface area (Å²) in [6, 6.07) is 5.56. The van der Waals surface area contributed by atoms with Crippen molar-refractivity contribution in [3.8, 4) is 0 Å². The van der Waals surface area contributed by atoms with Gasteiger partial charge in [-0.25, -0.2) is 9.37 Å². The Labute approximate surface area is 96.5 Å². The van der Waals surface area contributed by atoms with Gasteiger partial charge in [0.25, 0.3) is 0 Å². The second-order valence-corrected chi connectivity index (χ2v) is 3.56. The van der Waals surface area contributed by atoms with E-state index in [1.807, 2.05) is 0 Å². The van der Waals surface area contributed by atoms with E-state index in [-0.39, 0.29) is 6.54 Å². The fraction of sp³-hybridized carbons (Fsp3) is 0.182. The lowest BCUT2D eigenvalue weighted by Crippen LogP contribution is -2.18. The average molecular weight is 235 g/mol. The molecule has 0 aliphatic heterocycles. The second-order valence-electron chi connectivity index (χ2n) is 3.56. The van der Waals surface area contributed by atoms with Gasteiger partial charge in [-0.3, -0.25) is 9.48 Å². The van der Waals surface area contributed by atoms with Gasteiger partial charge in [-0.05, 0) is 17.7 Å². The smallest absolute Gasteiger partial charge is 0.312 e. The molecular formula is C11H10FN3O2. The highest BCUT2D eigenvalue weighted by atomic mass is 19.1. The molecule has 0 aliphatic carbocycles. The first kappa shape index (κ1) is 11.3. The van der Waals surface area contributed by atoms with Crippen molar-refractivity contribution in [1.29, 1.82) is 0 Å². The summed E-state index contributed by atoms with van der Waals surface area (Å²) in [5, 5.41) is 13.0. The van der Waals surface area contributed by atoms with Crippen LogP contribution in [0.5, 0.6) is 0 Å². The molecule has 0 amide bonds. The Hall–Kier alpha value is -2.24. The molecule has 0 saturated carbocycles. The van der Waals surface area contributed by atoms with Crippen LogP contribution in [0.3, 0.4) is 0 Å². The molecular weight excluding hydrogens is 225 g/mol. The normalized spacial score (nSPS) is 12.3.